The molecule has 0 fully saturated rings. The van der Waals surface area contributed by atoms with Crippen LogP contribution in [0.15, 0.2) is 18.2 Å². The summed E-state index contributed by atoms with van der Waals surface area (Å²) in [6, 6.07) is 6.68. The van der Waals surface area contributed by atoms with Crippen molar-refractivity contribution in [2.45, 2.75) is 47.6 Å². The van der Waals surface area contributed by atoms with E-state index in [4.69, 9.17) is 5.73 Å². The van der Waals surface area contributed by atoms with Crippen molar-refractivity contribution in [1.29, 1.82) is 0 Å². The number of aryl methyl sites for hydroxylation is 2. The molecule has 0 radical (unpaired) electrons. The Balaban J connectivity index is 2.78. The molecule has 0 aliphatic carbocycles. The van der Waals surface area contributed by atoms with E-state index in [0.717, 1.165) is 19.6 Å². The van der Waals surface area contributed by atoms with E-state index in [9.17, 15) is 0 Å². The van der Waals surface area contributed by atoms with Gasteiger partial charge in [0, 0.05) is 25.7 Å². The van der Waals surface area contributed by atoms with Crippen molar-refractivity contribution in [1.82, 2.24) is 4.90 Å². The van der Waals surface area contributed by atoms with Crippen molar-refractivity contribution < 1.29 is 0 Å². The van der Waals surface area contributed by atoms with E-state index in [1.165, 1.54) is 16.7 Å². The highest BCUT2D eigenvalue weighted by atomic mass is 15.1. The maximum Gasteiger partial charge on any atom is 0.0427 e. The van der Waals surface area contributed by atoms with Gasteiger partial charge < -0.3 is 10.6 Å². The van der Waals surface area contributed by atoms with Gasteiger partial charge in [0.25, 0.3) is 0 Å². The zero-order valence-electron chi connectivity index (χ0n) is 14.1. The zero-order valence-corrected chi connectivity index (χ0v) is 14.1. The van der Waals surface area contributed by atoms with Gasteiger partial charge in [0.2, 0.25) is 0 Å². The topological polar surface area (TPSA) is 29.3 Å². The monoisotopic (exact) mass is 276 g/mol. The third-order valence-corrected chi connectivity index (χ3v) is 3.54. The fraction of sp³-hybridized carbons (Fsp3) is 0.667. The third kappa shape index (κ3) is 5.64. The minimum Gasteiger partial charge on any atom is -0.323 e. The van der Waals surface area contributed by atoms with Crippen LogP contribution in [0.5, 0.6) is 0 Å². The van der Waals surface area contributed by atoms with Crippen LogP contribution < -0.4 is 5.73 Å². The lowest BCUT2D eigenvalue weighted by atomic mass is 9.98. The first-order chi connectivity index (χ1) is 9.29. The second-order valence-corrected chi connectivity index (χ2v) is 6.97. The molecule has 20 heavy (non-hydrogen) atoms. The van der Waals surface area contributed by atoms with Crippen molar-refractivity contribution in [3.05, 3.63) is 34.9 Å². The minimum atomic E-state index is 0.104. The molecule has 0 amide bonds. The smallest absolute Gasteiger partial charge is 0.0427 e. The molecule has 0 heterocycles. The fourth-order valence-corrected chi connectivity index (χ4v) is 2.79. The largest absolute Gasteiger partial charge is 0.323 e. The lowest BCUT2D eigenvalue weighted by Gasteiger charge is -2.29. The summed E-state index contributed by atoms with van der Waals surface area (Å²) in [7, 11) is 0. The van der Waals surface area contributed by atoms with Crippen LogP contribution >= 0.6 is 0 Å². The summed E-state index contributed by atoms with van der Waals surface area (Å²) in [5, 5.41) is 0. The Morgan fingerprint density at radius 1 is 0.950 bits per heavy atom. The van der Waals surface area contributed by atoms with Gasteiger partial charge in [-0.2, -0.15) is 0 Å². The average Bonchev–Trinajstić information content (AvgIpc) is 2.30. The Kier molecular flexibility index (Phi) is 6.70. The first kappa shape index (κ1) is 17.2. The van der Waals surface area contributed by atoms with E-state index in [1.54, 1.807) is 0 Å². The molecule has 0 aliphatic heterocycles. The van der Waals surface area contributed by atoms with Crippen LogP contribution in [0, 0.1) is 25.7 Å². The Morgan fingerprint density at radius 3 is 2.00 bits per heavy atom. The molecular formula is C18H32N2. The Labute approximate surface area is 125 Å². The van der Waals surface area contributed by atoms with E-state index in [-0.39, 0.29) is 6.04 Å². The van der Waals surface area contributed by atoms with Gasteiger partial charge in [-0.25, -0.2) is 0 Å². The normalized spacial score (nSPS) is 13.5. The standard InChI is InChI=1S/C18H32N2/c1-13(2)10-20(11-14(3)4)12-18(19)17-9-15(5)7-8-16(17)6/h7-9,13-14,18H,10-12,19H2,1-6H3. The molecule has 0 aliphatic rings. The van der Waals surface area contributed by atoms with Crippen molar-refractivity contribution in [2.24, 2.45) is 17.6 Å². The Morgan fingerprint density at radius 2 is 1.50 bits per heavy atom. The molecule has 0 saturated carbocycles. The molecule has 114 valence electrons. The van der Waals surface area contributed by atoms with Gasteiger partial charge in [-0.1, -0.05) is 51.5 Å². The summed E-state index contributed by atoms with van der Waals surface area (Å²) in [5.74, 6) is 1.36. The van der Waals surface area contributed by atoms with Crippen molar-refractivity contribution in [3.8, 4) is 0 Å². The molecule has 2 heteroatoms. The molecule has 1 atom stereocenters. The molecule has 1 aromatic carbocycles. The van der Waals surface area contributed by atoms with Crippen molar-refractivity contribution >= 4 is 0 Å². The maximum absolute atomic E-state index is 6.48. The van der Waals surface area contributed by atoms with Crippen LogP contribution in [-0.4, -0.2) is 24.5 Å². The van der Waals surface area contributed by atoms with E-state index < -0.39 is 0 Å². The zero-order chi connectivity index (χ0) is 15.3. The van der Waals surface area contributed by atoms with Gasteiger partial charge >= 0.3 is 0 Å². The van der Waals surface area contributed by atoms with Crippen molar-refractivity contribution in [2.75, 3.05) is 19.6 Å². The van der Waals surface area contributed by atoms with Gasteiger partial charge in [0.15, 0.2) is 0 Å². The highest BCUT2D eigenvalue weighted by Crippen LogP contribution is 2.19. The van der Waals surface area contributed by atoms with Crippen molar-refractivity contribution in [3.63, 3.8) is 0 Å². The summed E-state index contributed by atoms with van der Waals surface area (Å²) in [5.41, 5.74) is 10.4. The summed E-state index contributed by atoms with van der Waals surface area (Å²) in [4.78, 5) is 2.52. The molecule has 0 bridgehead atoms. The van der Waals surface area contributed by atoms with Crippen LogP contribution in [0.2, 0.25) is 0 Å². The maximum atomic E-state index is 6.48. The molecule has 0 aromatic heterocycles. The first-order valence-electron chi connectivity index (χ1n) is 7.84. The fourth-order valence-electron chi connectivity index (χ4n) is 2.79. The molecule has 1 rings (SSSR count). The quantitative estimate of drug-likeness (QED) is 0.818. The minimum absolute atomic E-state index is 0.104. The lowest BCUT2D eigenvalue weighted by Crippen LogP contribution is -2.37. The molecule has 0 spiro atoms. The molecule has 2 N–H and O–H groups in total. The summed E-state index contributed by atoms with van der Waals surface area (Å²) in [6.45, 7) is 16.6. The predicted octanol–water partition coefficient (Wildman–Crippen LogP) is 3.92. The number of rotatable bonds is 7. The molecule has 1 aromatic rings. The van der Waals surface area contributed by atoms with Gasteiger partial charge in [-0.15, -0.1) is 0 Å². The van der Waals surface area contributed by atoms with Crippen LogP contribution in [0.25, 0.3) is 0 Å². The van der Waals surface area contributed by atoms with Gasteiger partial charge in [0.1, 0.15) is 0 Å². The number of hydrogen-bond acceptors (Lipinski definition) is 2. The predicted molar refractivity (Wildman–Crippen MR) is 89.0 cm³/mol. The van der Waals surface area contributed by atoms with E-state index in [0.29, 0.717) is 11.8 Å². The van der Waals surface area contributed by atoms with Gasteiger partial charge in [-0.05, 0) is 36.8 Å². The van der Waals surface area contributed by atoms with Crippen LogP contribution in [0.1, 0.15) is 50.4 Å². The molecule has 1 unspecified atom stereocenters. The molecule has 2 nitrogen and oxygen atoms in total. The van der Waals surface area contributed by atoms with Gasteiger partial charge in [-0.3, -0.25) is 0 Å². The average molecular weight is 276 g/mol. The second-order valence-electron chi connectivity index (χ2n) is 6.97. The van der Waals surface area contributed by atoms with E-state index in [1.807, 2.05) is 0 Å². The highest BCUT2D eigenvalue weighted by molar-refractivity contribution is 5.33. The van der Waals surface area contributed by atoms with Gasteiger partial charge in [0.05, 0.1) is 0 Å². The summed E-state index contributed by atoms with van der Waals surface area (Å²) in [6.07, 6.45) is 0. The molecule has 0 saturated heterocycles. The third-order valence-electron chi connectivity index (χ3n) is 3.54. The SMILES string of the molecule is Cc1ccc(C)c(C(N)CN(CC(C)C)CC(C)C)c1. The van der Waals surface area contributed by atoms with Crippen LogP contribution in [-0.2, 0) is 0 Å². The highest BCUT2D eigenvalue weighted by Gasteiger charge is 2.16. The lowest BCUT2D eigenvalue weighted by molar-refractivity contribution is 0.207. The number of hydrogen-bond donors (Lipinski definition) is 1. The summed E-state index contributed by atoms with van der Waals surface area (Å²) < 4.78 is 0. The van der Waals surface area contributed by atoms with Crippen LogP contribution in [0.3, 0.4) is 0 Å². The van der Waals surface area contributed by atoms with E-state index in [2.05, 4.69) is 64.6 Å². The van der Waals surface area contributed by atoms with E-state index >= 15 is 0 Å². The molecular weight excluding hydrogens is 244 g/mol. The summed E-state index contributed by atoms with van der Waals surface area (Å²) >= 11 is 0. The number of nitrogens with zero attached hydrogens (tertiary/aromatic N) is 1. The van der Waals surface area contributed by atoms with Crippen LogP contribution in [0.4, 0.5) is 0 Å². The number of benzene rings is 1. The second kappa shape index (κ2) is 7.80. The number of nitrogens with two attached hydrogens (primary N) is 1. The Bertz CT molecular complexity index is 400. The first-order valence-corrected chi connectivity index (χ1v) is 7.84. The Hall–Kier alpha value is -0.860.